The van der Waals surface area contributed by atoms with Gasteiger partial charge in [0.25, 0.3) is 0 Å². The van der Waals surface area contributed by atoms with Gasteiger partial charge >= 0.3 is 0 Å². The Kier molecular flexibility index (Phi) is 4.02. The molecule has 0 radical (unpaired) electrons. The van der Waals surface area contributed by atoms with Gasteiger partial charge in [0.15, 0.2) is 0 Å². The summed E-state index contributed by atoms with van der Waals surface area (Å²) in [6.07, 6.45) is 1.71. The van der Waals surface area contributed by atoms with Crippen molar-refractivity contribution >= 4 is 6.08 Å². The predicted molar refractivity (Wildman–Crippen MR) is 87.3 cm³/mol. The van der Waals surface area contributed by atoms with Crippen molar-refractivity contribution in [2.75, 3.05) is 0 Å². The first-order valence-electron chi connectivity index (χ1n) is 7.06. The highest BCUT2D eigenvalue weighted by Crippen LogP contribution is 2.29. The van der Waals surface area contributed by atoms with Crippen LogP contribution in [-0.4, -0.2) is 0 Å². The van der Waals surface area contributed by atoms with Gasteiger partial charge in [-0.1, -0.05) is 49.1 Å². The van der Waals surface area contributed by atoms with Crippen molar-refractivity contribution < 1.29 is 13.2 Å². The van der Waals surface area contributed by atoms with E-state index in [1.807, 2.05) is 12.1 Å². The number of rotatable bonds is 3. The van der Waals surface area contributed by atoms with Crippen molar-refractivity contribution in [2.24, 2.45) is 0 Å². The molecule has 0 heterocycles. The van der Waals surface area contributed by atoms with Crippen molar-refractivity contribution in [2.45, 2.75) is 0 Å². The molecule has 0 atom stereocenters. The number of benzene rings is 3. The van der Waals surface area contributed by atoms with Crippen LogP contribution in [0.15, 0.2) is 67.2 Å². The molecule has 0 aliphatic heterocycles. The lowest BCUT2D eigenvalue weighted by molar-refractivity contribution is 0.585. The van der Waals surface area contributed by atoms with E-state index in [-0.39, 0.29) is 5.56 Å². The molecule has 0 aromatic heterocycles. The van der Waals surface area contributed by atoms with Crippen molar-refractivity contribution in [1.29, 1.82) is 0 Å². The molecule has 0 aliphatic carbocycles. The highest BCUT2D eigenvalue weighted by Gasteiger charge is 2.11. The fourth-order valence-corrected chi connectivity index (χ4v) is 2.44. The molecule has 0 bridgehead atoms. The molecule has 0 unspecified atom stereocenters. The van der Waals surface area contributed by atoms with Crippen molar-refractivity contribution in [3.05, 3.63) is 90.3 Å². The van der Waals surface area contributed by atoms with E-state index in [4.69, 9.17) is 0 Å². The fraction of sp³-hybridized carbons (Fsp3) is 0. The Morgan fingerprint density at radius 3 is 1.83 bits per heavy atom. The quantitative estimate of drug-likeness (QED) is 0.550. The fourth-order valence-electron chi connectivity index (χ4n) is 2.44. The summed E-state index contributed by atoms with van der Waals surface area (Å²) in [6.45, 7) is 3.67. The van der Waals surface area contributed by atoms with Crippen LogP contribution in [0.4, 0.5) is 13.2 Å². The van der Waals surface area contributed by atoms with Crippen LogP contribution in [0.3, 0.4) is 0 Å². The minimum absolute atomic E-state index is 0.166. The van der Waals surface area contributed by atoms with Crippen molar-refractivity contribution in [3.63, 3.8) is 0 Å². The zero-order valence-corrected chi connectivity index (χ0v) is 12.2. The van der Waals surface area contributed by atoms with Gasteiger partial charge in [-0.3, -0.25) is 0 Å². The second-order valence-corrected chi connectivity index (χ2v) is 5.14. The topological polar surface area (TPSA) is 0 Å². The first-order chi connectivity index (χ1) is 11.1. The molecule has 0 saturated heterocycles. The molecule has 23 heavy (non-hydrogen) atoms. The SMILES string of the molecule is C=Cc1ccc(-c2ccc(-c3ccc(F)cc3F)cc2F)cc1. The van der Waals surface area contributed by atoms with E-state index < -0.39 is 17.5 Å². The summed E-state index contributed by atoms with van der Waals surface area (Å²) in [6, 6.07) is 15.0. The molecule has 3 heteroatoms. The zero-order chi connectivity index (χ0) is 16.4. The third-order valence-corrected chi connectivity index (χ3v) is 3.67. The van der Waals surface area contributed by atoms with E-state index in [0.29, 0.717) is 11.1 Å². The maximum absolute atomic E-state index is 14.4. The second-order valence-electron chi connectivity index (χ2n) is 5.14. The van der Waals surface area contributed by atoms with Crippen LogP contribution in [0.25, 0.3) is 28.3 Å². The zero-order valence-electron chi connectivity index (χ0n) is 12.2. The minimum atomic E-state index is -0.715. The molecule has 0 spiro atoms. The molecule has 0 aliphatic rings. The summed E-state index contributed by atoms with van der Waals surface area (Å²) in [7, 11) is 0. The molecule has 0 saturated carbocycles. The van der Waals surface area contributed by atoms with Gasteiger partial charge in [-0.25, -0.2) is 13.2 Å². The Balaban J connectivity index is 2.01. The Morgan fingerprint density at radius 1 is 0.652 bits per heavy atom. The lowest BCUT2D eigenvalue weighted by Crippen LogP contribution is -1.90. The molecule has 3 rings (SSSR count). The molecular weight excluding hydrogens is 297 g/mol. The normalized spacial score (nSPS) is 10.6. The van der Waals surface area contributed by atoms with Crippen LogP contribution < -0.4 is 0 Å². The minimum Gasteiger partial charge on any atom is -0.207 e. The van der Waals surface area contributed by atoms with E-state index in [0.717, 1.165) is 23.3 Å². The average molecular weight is 310 g/mol. The number of hydrogen-bond acceptors (Lipinski definition) is 0. The van der Waals surface area contributed by atoms with Gasteiger partial charge in [0.05, 0.1) is 0 Å². The Morgan fingerprint density at radius 2 is 1.22 bits per heavy atom. The van der Waals surface area contributed by atoms with Gasteiger partial charge in [0.1, 0.15) is 17.5 Å². The van der Waals surface area contributed by atoms with Crippen LogP contribution in [0.1, 0.15) is 5.56 Å². The van der Waals surface area contributed by atoms with Gasteiger partial charge in [0, 0.05) is 17.2 Å². The summed E-state index contributed by atoms with van der Waals surface area (Å²) in [5.74, 6) is -1.84. The molecular formula is C20H13F3. The summed E-state index contributed by atoms with van der Waals surface area (Å²) < 4.78 is 41.2. The maximum atomic E-state index is 14.4. The summed E-state index contributed by atoms with van der Waals surface area (Å²) in [4.78, 5) is 0. The molecule has 3 aromatic rings. The first-order valence-corrected chi connectivity index (χ1v) is 7.06. The summed E-state index contributed by atoms with van der Waals surface area (Å²) >= 11 is 0. The van der Waals surface area contributed by atoms with Crippen molar-refractivity contribution in [1.82, 2.24) is 0 Å². The molecule has 0 fully saturated rings. The lowest BCUT2D eigenvalue weighted by Gasteiger charge is -2.08. The van der Waals surface area contributed by atoms with E-state index >= 15 is 0 Å². The molecule has 114 valence electrons. The largest absolute Gasteiger partial charge is 0.207 e. The van der Waals surface area contributed by atoms with Gasteiger partial charge in [-0.05, 0) is 34.9 Å². The standard InChI is InChI=1S/C20H13F3/c1-2-13-3-5-14(6-4-13)17-9-7-15(11-19(17)22)18-10-8-16(21)12-20(18)23/h2-12H,1H2. The summed E-state index contributed by atoms with van der Waals surface area (Å²) in [5.41, 5.74) is 2.62. The van der Waals surface area contributed by atoms with Gasteiger partial charge < -0.3 is 0 Å². The van der Waals surface area contributed by atoms with Gasteiger partial charge in [-0.2, -0.15) is 0 Å². The average Bonchev–Trinajstić information content (AvgIpc) is 2.55. The van der Waals surface area contributed by atoms with E-state index in [2.05, 4.69) is 6.58 Å². The van der Waals surface area contributed by atoms with Crippen molar-refractivity contribution in [3.8, 4) is 22.3 Å². The molecule has 0 amide bonds. The molecule has 0 nitrogen and oxygen atoms in total. The Hall–Kier alpha value is -2.81. The Labute approximate surface area is 132 Å². The number of hydrogen-bond donors (Lipinski definition) is 0. The van der Waals surface area contributed by atoms with Crippen LogP contribution in [0, 0.1) is 17.5 Å². The maximum Gasteiger partial charge on any atom is 0.133 e. The van der Waals surface area contributed by atoms with Crippen LogP contribution in [0.2, 0.25) is 0 Å². The third-order valence-electron chi connectivity index (χ3n) is 3.67. The third kappa shape index (κ3) is 3.04. The van der Waals surface area contributed by atoms with Gasteiger partial charge in [0.2, 0.25) is 0 Å². The smallest absolute Gasteiger partial charge is 0.133 e. The highest BCUT2D eigenvalue weighted by molar-refractivity contribution is 5.72. The van der Waals surface area contributed by atoms with Crippen LogP contribution in [-0.2, 0) is 0 Å². The van der Waals surface area contributed by atoms with Crippen LogP contribution in [0.5, 0.6) is 0 Å². The van der Waals surface area contributed by atoms with E-state index in [1.165, 1.54) is 12.1 Å². The lowest BCUT2D eigenvalue weighted by atomic mass is 9.98. The highest BCUT2D eigenvalue weighted by atomic mass is 19.1. The van der Waals surface area contributed by atoms with Gasteiger partial charge in [-0.15, -0.1) is 0 Å². The number of halogens is 3. The van der Waals surface area contributed by atoms with E-state index in [9.17, 15) is 13.2 Å². The molecule has 0 N–H and O–H groups in total. The second kappa shape index (κ2) is 6.13. The van der Waals surface area contributed by atoms with Crippen LogP contribution >= 0.6 is 0 Å². The van der Waals surface area contributed by atoms with E-state index in [1.54, 1.807) is 30.3 Å². The predicted octanol–water partition coefficient (Wildman–Crippen LogP) is 6.08. The first kappa shape index (κ1) is 15.1. The summed E-state index contributed by atoms with van der Waals surface area (Å²) in [5, 5.41) is 0. The molecule has 3 aromatic carbocycles. The monoisotopic (exact) mass is 310 g/mol. The Bertz CT molecular complexity index is 865.